The minimum Gasteiger partial charge on any atom is -0.356 e. The predicted molar refractivity (Wildman–Crippen MR) is 73.3 cm³/mol. The summed E-state index contributed by atoms with van der Waals surface area (Å²) < 4.78 is 13.0. The van der Waals surface area contributed by atoms with Gasteiger partial charge >= 0.3 is 0 Å². The molecule has 1 aromatic rings. The minimum atomic E-state index is -0.293. The quantitative estimate of drug-likeness (QED) is 0.852. The number of nitrogens with one attached hydrogen (secondary N) is 2. The van der Waals surface area contributed by atoms with Crippen molar-refractivity contribution >= 4 is 5.91 Å². The zero-order chi connectivity index (χ0) is 13.5. The highest BCUT2D eigenvalue weighted by Crippen LogP contribution is 2.12. The summed E-state index contributed by atoms with van der Waals surface area (Å²) in [6.07, 6.45) is 3.73. The van der Waals surface area contributed by atoms with Crippen LogP contribution >= 0.6 is 0 Å². The Morgan fingerprint density at radius 3 is 3.11 bits per heavy atom. The molecule has 0 saturated carbocycles. The fourth-order valence-electron chi connectivity index (χ4n) is 2.48. The number of piperidine rings is 1. The van der Waals surface area contributed by atoms with E-state index in [2.05, 4.69) is 10.6 Å². The Morgan fingerprint density at radius 1 is 1.47 bits per heavy atom. The number of carbonyl (C=O) groups is 1. The highest BCUT2D eigenvalue weighted by molar-refractivity contribution is 5.78. The lowest BCUT2D eigenvalue weighted by Crippen LogP contribution is -2.33. The van der Waals surface area contributed by atoms with Crippen molar-refractivity contribution in [3.8, 4) is 0 Å². The van der Waals surface area contributed by atoms with E-state index in [0.29, 0.717) is 12.5 Å². The molecule has 104 valence electrons. The van der Waals surface area contributed by atoms with E-state index in [9.17, 15) is 9.18 Å². The van der Waals surface area contributed by atoms with Crippen LogP contribution in [0.5, 0.6) is 0 Å². The van der Waals surface area contributed by atoms with E-state index in [1.807, 2.05) is 0 Å². The van der Waals surface area contributed by atoms with Crippen molar-refractivity contribution in [1.82, 2.24) is 10.6 Å². The third-order valence-electron chi connectivity index (χ3n) is 3.53. The summed E-state index contributed by atoms with van der Waals surface area (Å²) in [5.74, 6) is 0.344. The molecule has 1 aliphatic heterocycles. The van der Waals surface area contributed by atoms with Gasteiger partial charge in [-0.05, 0) is 56.0 Å². The van der Waals surface area contributed by atoms with Gasteiger partial charge in [-0.15, -0.1) is 0 Å². The maximum atomic E-state index is 13.0. The smallest absolute Gasteiger partial charge is 0.224 e. The Labute approximate surface area is 113 Å². The monoisotopic (exact) mass is 264 g/mol. The molecule has 1 unspecified atom stereocenters. The highest BCUT2D eigenvalue weighted by atomic mass is 19.1. The van der Waals surface area contributed by atoms with Gasteiger partial charge in [-0.2, -0.15) is 0 Å². The fraction of sp³-hybridized carbons (Fsp3) is 0.533. The molecule has 2 rings (SSSR count). The highest BCUT2D eigenvalue weighted by Gasteiger charge is 2.12. The van der Waals surface area contributed by atoms with Gasteiger partial charge in [0.25, 0.3) is 0 Å². The van der Waals surface area contributed by atoms with Gasteiger partial charge in [-0.1, -0.05) is 12.1 Å². The number of rotatable bonds is 5. The second kappa shape index (κ2) is 7.24. The van der Waals surface area contributed by atoms with E-state index in [-0.39, 0.29) is 18.1 Å². The van der Waals surface area contributed by atoms with Crippen LogP contribution in [0, 0.1) is 11.7 Å². The van der Waals surface area contributed by atoms with Crippen molar-refractivity contribution in [3.05, 3.63) is 35.6 Å². The topological polar surface area (TPSA) is 41.1 Å². The Kier molecular flexibility index (Phi) is 5.33. The van der Waals surface area contributed by atoms with Crippen molar-refractivity contribution in [1.29, 1.82) is 0 Å². The predicted octanol–water partition coefficient (Wildman–Crippen LogP) is 1.87. The molecule has 0 aliphatic carbocycles. The molecule has 0 spiro atoms. The largest absolute Gasteiger partial charge is 0.356 e. The summed E-state index contributed by atoms with van der Waals surface area (Å²) in [5, 5.41) is 6.27. The fourth-order valence-corrected chi connectivity index (χ4v) is 2.48. The molecule has 3 nitrogen and oxygen atoms in total. The van der Waals surface area contributed by atoms with Gasteiger partial charge in [0.05, 0.1) is 6.42 Å². The molecule has 4 heteroatoms. The van der Waals surface area contributed by atoms with Crippen molar-refractivity contribution in [2.75, 3.05) is 19.6 Å². The zero-order valence-electron chi connectivity index (χ0n) is 11.1. The molecule has 1 amide bonds. The average molecular weight is 264 g/mol. The van der Waals surface area contributed by atoms with Crippen LogP contribution in [-0.2, 0) is 11.2 Å². The Balaban J connectivity index is 1.67. The first-order chi connectivity index (χ1) is 9.24. The maximum Gasteiger partial charge on any atom is 0.224 e. The molecule has 1 fully saturated rings. The van der Waals surface area contributed by atoms with Gasteiger partial charge in [0.1, 0.15) is 5.82 Å². The molecule has 0 radical (unpaired) electrons. The van der Waals surface area contributed by atoms with Gasteiger partial charge in [0, 0.05) is 6.54 Å². The number of benzene rings is 1. The molecule has 2 N–H and O–H groups in total. The molecular weight excluding hydrogens is 243 g/mol. The zero-order valence-corrected chi connectivity index (χ0v) is 11.1. The SMILES string of the molecule is O=C(Cc1cccc(F)c1)NCCC1CCCNC1. The van der Waals surface area contributed by atoms with Crippen LogP contribution in [0.3, 0.4) is 0 Å². The van der Waals surface area contributed by atoms with Gasteiger partial charge in [0.2, 0.25) is 5.91 Å². The molecule has 1 atom stereocenters. The third-order valence-corrected chi connectivity index (χ3v) is 3.53. The number of halogens is 1. The molecule has 1 heterocycles. The van der Waals surface area contributed by atoms with Crippen LogP contribution in [-0.4, -0.2) is 25.5 Å². The van der Waals surface area contributed by atoms with Gasteiger partial charge < -0.3 is 10.6 Å². The summed E-state index contributed by atoms with van der Waals surface area (Å²) >= 11 is 0. The lowest BCUT2D eigenvalue weighted by atomic mass is 9.96. The van der Waals surface area contributed by atoms with E-state index in [1.54, 1.807) is 12.1 Å². The molecule has 0 bridgehead atoms. The van der Waals surface area contributed by atoms with E-state index in [4.69, 9.17) is 0 Å². The van der Waals surface area contributed by atoms with Gasteiger partial charge in [0.15, 0.2) is 0 Å². The molecule has 1 aromatic carbocycles. The second-order valence-corrected chi connectivity index (χ2v) is 5.16. The molecule has 0 aromatic heterocycles. The Morgan fingerprint density at radius 2 is 2.37 bits per heavy atom. The first-order valence-corrected chi connectivity index (χ1v) is 6.96. The Hall–Kier alpha value is -1.42. The molecular formula is C15H21FN2O. The van der Waals surface area contributed by atoms with Crippen molar-refractivity contribution < 1.29 is 9.18 Å². The van der Waals surface area contributed by atoms with E-state index < -0.39 is 0 Å². The molecule has 1 aliphatic rings. The van der Waals surface area contributed by atoms with Gasteiger partial charge in [-0.25, -0.2) is 4.39 Å². The van der Waals surface area contributed by atoms with Gasteiger partial charge in [-0.3, -0.25) is 4.79 Å². The van der Waals surface area contributed by atoms with Crippen molar-refractivity contribution in [3.63, 3.8) is 0 Å². The van der Waals surface area contributed by atoms with Crippen LogP contribution < -0.4 is 10.6 Å². The average Bonchev–Trinajstić information content (AvgIpc) is 2.40. The standard InChI is InChI=1S/C15H21FN2O/c16-14-5-1-3-13(9-14)10-15(19)18-8-6-12-4-2-7-17-11-12/h1,3,5,9,12,17H,2,4,6-8,10-11H2,(H,18,19). The Bertz CT molecular complexity index is 416. The lowest BCUT2D eigenvalue weighted by molar-refractivity contribution is -0.120. The van der Waals surface area contributed by atoms with E-state index in [1.165, 1.54) is 25.0 Å². The summed E-state index contributed by atoms with van der Waals surface area (Å²) in [6.45, 7) is 2.88. The van der Waals surface area contributed by atoms with Crippen LogP contribution in [0.2, 0.25) is 0 Å². The number of hydrogen-bond acceptors (Lipinski definition) is 2. The lowest BCUT2D eigenvalue weighted by Gasteiger charge is -2.22. The second-order valence-electron chi connectivity index (χ2n) is 5.16. The third kappa shape index (κ3) is 4.99. The normalized spacial score (nSPS) is 19.1. The van der Waals surface area contributed by atoms with Crippen LogP contribution in [0.15, 0.2) is 24.3 Å². The number of hydrogen-bond donors (Lipinski definition) is 2. The van der Waals surface area contributed by atoms with E-state index in [0.717, 1.165) is 25.1 Å². The molecule has 1 saturated heterocycles. The molecule has 19 heavy (non-hydrogen) atoms. The van der Waals surface area contributed by atoms with Crippen LogP contribution in [0.4, 0.5) is 4.39 Å². The first kappa shape index (κ1) is 14.0. The van der Waals surface area contributed by atoms with Crippen LogP contribution in [0.25, 0.3) is 0 Å². The summed E-state index contributed by atoms with van der Waals surface area (Å²) in [6, 6.07) is 6.20. The summed E-state index contributed by atoms with van der Waals surface area (Å²) in [4.78, 5) is 11.7. The van der Waals surface area contributed by atoms with E-state index >= 15 is 0 Å². The number of amides is 1. The van der Waals surface area contributed by atoms with Crippen molar-refractivity contribution in [2.24, 2.45) is 5.92 Å². The van der Waals surface area contributed by atoms with Crippen molar-refractivity contribution in [2.45, 2.75) is 25.7 Å². The maximum absolute atomic E-state index is 13.0. The minimum absolute atomic E-state index is 0.0330. The first-order valence-electron chi connectivity index (χ1n) is 6.96. The number of carbonyl (C=O) groups excluding carboxylic acids is 1. The summed E-state index contributed by atoms with van der Waals surface area (Å²) in [5.41, 5.74) is 0.719. The van der Waals surface area contributed by atoms with Crippen LogP contribution in [0.1, 0.15) is 24.8 Å². The summed E-state index contributed by atoms with van der Waals surface area (Å²) in [7, 11) is 0.